The van der Waals surface area contributed by atoms with Gasteiger partial charge in [0.25, 0.3) is 0 Å². The molecule has 0 unspecified atom stereocenters. The predicted octanol–water partition coefficient (Wildman–Crippen LogP) is 0.0815. The average Bonchev–Trinajstić information content (AvgIpc) is 2.24. The van der Waals surface area contributed by atoms with E-state index in [-0.39, 0.29) is 25.9 Å². The molecule has 16 heavy (non-hydrogen) atoms. The molecule has 0 bridgehead atoms. The number of nitrogens with one attached hydrogen (secondary N) is 1. The van der Waals surface area contributed by atoms with E-state index in [9.17, 15) is 9.18 Å². The van der Waals surface area contributed by atoms with E-state index >= 15 is 0 Å². The highest BCUT2D eigenvalue weighted by Gasteiger charge is 2.09. The molecule has 0 aromatic heterocycles. The van der Waals surface area contributed by atoms with Gasteiger partial charge in [0, 0.05) is 13.1 Å². The Morgan fingerprint density at radius 3 is 2.88 bits per heavy atom. The molecular weight excluding hydrogens is 217 g/mol. The molecule has 0 amide bonds. The van der Waals surface area contributed by atoms with Crippen molar-refractivity contribution in [3.63, 3.8) is 0 Å². The van der Waals surface area contributed by atoms with Gasteiger partial charge in [-0.3, -0.25) is 4.79 Å². The van der Waals surface area contributed by atoms with Gasteiger partial charge in [0.05, 0.1) is 6.21 Å². The summed E-state index contributed by atoms with van der Waals surface area (Å²) in [6.45, 7) is 0.265. The van der Waals surface area contributed by atoms with Crippen molar-refractivity contribution in [3.05, 3.63) is 11.9 Å². The Hall–Kier alpha value is -1.47. The van der Waals surface area contributed by atoms with Gasteiger partial charge in [0.1, 0.15) is 11.9 Å². The Bertz CT molecular complexity index is 269. The maximum absolute atomic E-state index is 13.0. The predicted molar refractivity (Wildman–Crippen MR) is 57.2 cm³/mol. The van der Waals surface area contributed by atoms with Gasteiger partial charge in [-0.05, 0) is 12.8 Å². The normalized spacial score (nSPS) is 14.2. The number of nitrogens with two attached hydrogens (primary N) is 1. The number of hydrogen-bond acceptors (Lipinski definition) is 5. The van der Waals surface area contributed by atoms with Crippen molar-refractivity contribution in [1.29, 1.82) is 0 Å². The maximum atomic E-state index is 13.0. The number of nitrogens with zero attached hydrogens (tertiary/aromatic N) is 1. The summed E-state index contributed by atoms with van der Waals surface area (Å²) >= 11 is 0. The molecule has 0 saturated heterocycles. The Balaban J connectivity index is 3.66. The smallest absolute Gasteiger partial charge is 0.320 e. The third-order valence-corrected chi connectivity index (χ3v) is 1.77. The van der Waals surface area contributed by atoms with Gasteiger partial charge in [-0.15, -0.1) is 5.16 Å². The molecule has 0 saturated carbocycles. The molecular formula is C9H16FN3O3. The highest BCUT2D eigenvalue weighted by molar-refractivity contribution is 5.72. The lowest BCUT2D eigenvalue weighted by Gasteiger charge is -2.03. The Morgan fingerprint density at radius 1 is 1.62 bits per heavy atom. The molecule has 0 rings (SSSR count). The molecule has 0 aliphatic rings. The zero-order valence-corrected chi connectivity index (χ0v) is 8.77. The van der Waals surface area contributed by atoms with Gasteiger partial charge >= 0.3 is 5.97 Å². The zero-order valence-electron chi connectivity index (χ0n) is 8.77. The van der Waals surface area contributed by atoms with Crippen LogP contribution in [0, 0.1) is 0 Å². The maximum Gasteiger partial charge on any atom is 0.320 e. The summed E-state index contributed by atoms with van der Waals surface area (Å²) in [4.78, 5) is 10.3. The van der Waals surface area contributed by atoms with Crippen LogP contribution >= 0.6 is 0 Å². The first-order valence-electron chi connectivity index (χ1n) is 4.77. The Labute approximate surface area is 92.6 Å². The van der Waals surface area contributed by atoms with Crippen molar-refractivity contribution in [2.75, 3.05) is 13.1 Å². The van der Waals surface area contributed by atoms with Crippen LogP contribution in [0.2, 0.25) is 0 Å². The summed E-state index contributed by atoms with van der Waals surface area (Å²) in [7, 11) is 0. The Kier molecular flexibility index (Phi) is 8.00. The molecule has 0 aromatic carbocycles. The summed E-state index contributed by atoms with van der Waals surface area (Å²) in [6, 6.07) is -0.960. The minimum Gasteiger partial charge on any atom is -0.480 e. The molecule has 7 heteroatoms. The summed E-state index contributed by atoms with van der Waals surface area (Å²) in [5.41, 5.74) is 5.23. The molecule has 0 spiro atoms. The van der Waals surface area contributed by atoms with E-state index in [1.807, 2.05) is 0 Å². The number of hydrogen-bond donors (Lipinski definition) is 4. The number of allylic oxidation sites excluding steroid dienone is 1. The largest absolute Gasteiger partial charge is 0.480 e. The summed E-state index contributed by atoms with van der Waals surface area (Å²) < 4.78 is 13.0. The van der Waals surface area contributed by atoms with Crippen LogP contribution in [0.4, 0.5) is 4.39 Å². The van der Waals surface area contributed by atoms with Crippen LogP contribution in [0.5, 0.6) is 0 Å². The molecule has 1 atom stereocenters. The van der Waals surface area contributed by atoms with E-state index in [4.69, 9.17) is 16.0 Å². The van der Waals surface area contributed by atoms with Crippen LogP contribution in [0.1, 0.15) is 12.8 Å². The lowest BCUT2D eigenvalue weighted by molar-refractivity contribution is -0.138. The molecule has 0 heterocycles. The lowest BCUT2D eigenvalue weighted by Crippen LogP contribution is -2.29. The van der Waals surface area contributed by atoms with Crippen LogP contribution < -0.4 is 11.1 Å². The average molecular weight is 233 g/mol. The van der Waals surface area contributed by atoms with Crippen molar-refractivity contribution in [3.8, 4) is 0 Å². The van der Waals surface area contributed by atoms with Crippen LogP contribution in [-0.2, 0) is 4.79 Å². The first-order chi connectivity index (χ1) is 7.57. The van der Waals surface area contributed by atoms with Crippen molar-refractivity contribution in [2.45, 2.75) is 18.9 Å². The molecule has 0 aliphatic heterocycles. The third kappa shape index (κ3) is 7.89. The zero-order chi connectivity index (χ0) is 12.4. The molecule has 0 radical (unpaired) electrons. The topological polar surface area (TPSA) is 108 Å². The fraction of sp³-hybridized carbons (Fsp3) is 0.556. The second kappa shape index (κ2) is 8.81. The van der Waals surface area contributed by atoms with Gasteiger partial charge < -0.3 is 21.4 Å². The summed E-state index contributed by atoms with van der Waals surface area (Å²) in [6.07, 6.45) is 2.94. The first-order valence-corrected chi connectivity index (χ1v) is 4.77. The van der Waals surface area contributed by atoms with Gasteiger partial charge in [0.2, 0.25) is 0 Å². The van der Waals surface area contributed by atoms with E-state index in [2.05, 4.69) is 10.5 Å². The molecule has 5 N–H and O–H groups in total. The number of carbonyl (C=O) groups is 1. The number of halogens is 1. The standard InChI is InChI=1S/C9H16FN3O3/c10-7(6-12-4-5-13-16)2-1-3-8(11)9(14)15/h2,5,8,12,16H,1,3-4,6,11H2,(H,14,15)/b7-2+,13-5?/t8-/m0/s1. The minimum atomic E-state index is -1.09. The van der Waals surface area contributed by atoms with Crippen LogP contribution in [0.25, 0.3) is 0 Å². The van der Waals surface area contributed by atoms with Gasteiger partial charge in [0.15, 0.2) is 0 Å². The quantitative estimate of drug-likeness (QED) is 0.205. The number of aliphatic carboxylic acids is 1. The second-order valence-electron chi connectivity index (χ2n) is 3.10. The molecule has 6 nitrogen and oxygen atoms in total. The van der Waals surface area contributed by atoms with Crippen molar-refractivity contribution >= 4 is 12.2 Å². The first kappa shape index (κ1) is 14.5. The number of rotatable bonds is 8. The van der Waals surface area contributed by atoms with E-state index in [0.717, 1.165) is 0 Å². The Morgan fingerprint density at radius 2 is 2.31 bits per heavy atom. The van der Waals surface area contributed by atoms with Gasteiger partial charge in [-0.25, -0.2) is 4.39 Å². The second-order valence-corrected chi connectivity index (χ2v) is 3.10. The number of oxime groups is 1. The summed E-state index contributed by atoms with van der Waals surface area (Å²) in [5.74, 6) is -1.49. The molecule has 0 aliphatic carbocycles. The number of carboxylic acid groups (broad SMARTS) is 1. The van der Waals surface area contributed by atoms with E-state index in [1.165, 1.54) is 12.3 Å². The van der Waals surface area contributed by atoms with Crippen LogP contribution in [-0.4, -0.2) is 41.6 Å². The third-order valence-electron chi connectivity index (χ3n) is 1.77. The fourth-order valence-corrected chi connectivity index (χ4v) is 0.912. The van der Waals surface area contributed by atoms with Crippen molar-refractivity contribution < 1.29 is 19.5 Å². The van der Waals surface area contributed by atoms with Crippen LogP contribution in [0.3, 0.4) is 0 Å². The lowest BCUT2D eigenvalue weighted by atomic mass is 10.1. The monoisotopic (exact) mass is 233 g/mol. The van der Waals surface area contributed by atoms with E-state index in [1.54, 1.807) is 0 Å². The van der Waals surface area contributed by atoms with Gasteiger partial charge in [-0.1, -0.05) is 6.08 Å². The highest BCUT2D eigenvalue weighted by atomic mass is 19.1. The fourth-order valence-electron chi connectivity index (χ4n) is 0.912. The summed E-state index contributed by atoms with van der Waals surface area (Å²) in [5, 5.41) is 21.9. The van der Waals surface area contributed by atoms with Crippen LogP contribution in [0.15, 0.2) is 17.1 Å². The SMILES string of the molecule is N[C@@H](CC/C=C(/F)CNCC=NO)C(=O)O. The molecule has 0 aromatic rings. The van der Waals surface area contributed by atoms with E-state index in [0.29, 0.717) is 0 Å². The van der Waals surface area contributed by atoms with Gasteiger partial charge in [-0.2, -0.15) is 0 Å². The molecule has 92 valence electrons. The van der Waals surface area contributed by atoms with Crippen molar-refractivity contribution in [1.82, 2.24) is 5.32 Å². The van der Waals surface area contributed by atoms with E-state index < -0.39 is 17.8 Å². The minimum absolute atomic E-state index is 0.00826. The molecule has 0 fully saturated rings. The number of carboxylic acids is 1. The highest BCUT2D eigenvalue weighted by Crippen LogP contribution is 2.01. The van der Waals surface area contributed by atoms with Crippen molar-refractivity contribution in [2.24, 2.45) is 10.9 Å².